The third-order valence-corrected chi connectivity index (χ3v) is 2.24. The number of unbranched alkanes of at least 4 members (excludes halogenated alkanes) is 1. The number of rotatable bonds is 6. The topological polar surface area (TPSA) is 64.3 Å². The second-order valence-corrected chi connectivity index (χ2v) is 3.49. The number of benzene rings is 1. The largest absolute Gasteiger partial charge is 0.495 e. The van der Waals surface area contributed by atoms with Gasteiger partial charge in [0.25, 0.3) is 0 Å². The Morgan fingerprint density at radius 2 is 2.12 bits per heavy atom. The lowest BCUT2D eigenvalue weighted by atomic mass is 10.2. The van der Waals surface area contributed by atoms with Crippen molar-refractivity contribution < 1.29 is 9.53 Å². The molecule has 0 spiro atoms. The molecule has 0 atom stereocenters. The first kappa shape index (κ1) is 12.5. The van der Waals surface area contributed by atoms with E-state index in [2.05, 4.69) is 5.32 Å². The first-order chi connectivity index (χ1) is 7.77. The normalized spacial score (nSPS) is 9.88. The van der Waals surface area contributed by atoms with Crippen LogP contribution in [0.25, 0.3) is 0 Å². The van der Waals surface area contributed by atoms with Gasteiger partial charge in [-0.15, -0.1) is 0 Å². The summed E-state index contributed by atoms with van der Waals surface area (Å²) >= 11 is 0. The molecule has 0 saturated carbocycles. The molecule has 1 amide bonds. The van der Waals surface area contributed by atoms with Crippen molar-refractivity contribution in [3.8, 4) is 5.75 Å². The molecule has 1 aromatic rings. The lowest BCUT2D eigenvalue weighted by Gasteiger charge is -2.09. The minimum atomic E-state index is -0.00190. The molecule has 0 saturated heterocycles. The molecule has 0 radical (unpaired) electrons. The highest BCUT2D eigenvalue weighted by atomic mass is 16.5. The monoisotopic (exact) mass is 222 g/mol. The highest BCUT2D eigenvalue weighted by Gasteiger charge is 2.05. The van der Waals surface area contributed by atoms with E-state index in [9.17, 15) is 4.79 Å². The van der Waals surface area contributed by atoms with Crippen molar-refractivity contribution in [2.45, 2.75) is 19.3 Å². The molecule has 1 aromatic carbocycles. The van der Waals surface area contributed by atoms with Crippen molar-refractivity contribution in [2.24, 2.45) is 5.73 Å². The quantitative estimate of drug-likeness (QED) is 0.721. The third kappa shape index (κ3) is 3.90. The molecule has 0 bridgehead atoms. The van der Waals surface area contributed by atoms with Crippen LogP contribution in [0.5, 0.6) is 5.75 Å². The average molecular weight is 222 g/mol. The van der Waals surface area contributed by atoms with E-state index in [1.54, 1.807) is 7.11 Å². The molecule has 0 heterocycles. The summed E-state index contributed by atoms with van der Waals surface area (Å²) in [6.45, 7) is 0.627. The Balaban J connectivity index is 2.49. The van der Waals surface area contributed by atoms with Crippen LogP contribution in [0.1, 0.15) is 19.3 Å². The zero-order valence-electron chi connectivity index (χ0n) is 9.53. The lowest BCUT2D eigenvalue weighted by Crippen LogP contribution is -2.12. The third-order valence-electron chi connectivity index (χ3n) is 2.24. The lowest BCUT2D eigenvalue weighted by molar-refractivity contribution is -0.116. The molecule has 0 fully saturated rings. The Morgan fingerprint density at radius 1 is 1.38 bits per heavy atom. The summed E-state index contributed by atoms with van der Waals surface area (Å²) in [4.78, 5) is 11.5. The van der Waals surface area contributed by atoms with Crippen molar-refractivity contribution in [2.75, 3.05) is 19.0 Å². The molecule has 0 aliphatic heterocycles. The van der Waals surface area contributed by atoms with E-state index in [0.29, 0.717) is 24.4 Å². The summed E-state index contributed by atoms with van der Waals surface area (Å²) < 4.78 is 5.14. The fourth-order valence-corrected chi connectivity index (χ4v) is 1.39. The van der Waals surface area contributed by atoms with Crippen LogP contribution in [0.2, 0.25) is 0 Å². The Labute approximate surface area is 95.8 Å². The van der Waals surface area contributed by atoms with E-state index in [1.165, 1.54) is 0 Å². The number of ether oxygens (including phenoxy) is 1. The maximum absolute atomic E-state index is 11.5. The molecule has 4 heteroatoms. The summed E-state index contributed by atoms with van der Waals surface area (Å²) in [6.07, 6.45) is 2.19. The van der Waals surface area contributed by atoms with Crippen molar-refractivity contribution in [1.82, 2.24) is 0 Å². The zero-order valence-corrected chi connectivity index (χ0v) is 9.53. The minimum Gasteiger partial charge on any atom is -0.495 e. The van der Waals surface area contributed by atoms with Crippen molar-refractivity contribution in [1.29, 1.82) is 0 Å². The highest BCUT2D eigenvalue weighted by molar-refractivity contribution is 5.92. The van der Waals surface area contributed by atoms with Crippen LogP contribution in [0, 0.1) is 0 Å². The highest BCUT2D eigenvalue weighted by Crippen LogP contribution is 2.23. The van der Waals surface area contributed by atoms with E-state index in [4.69, 9.17) is 10.5 Å². The average Bonchev–Trinajstić information content (AvgIpc) is 2.30. The molecule has 0 aliphatic carbocycles. The van der Waals surface area contributed by atoms with Gasteiger partial charge in [0.2, 0.25) is 5.91 Å². The number of anilines is 1. The van der Waals surface area contributed by atoms with Gasteiger partial charge in [-0.3, -0.25) is 4.79 Å². The van der Waals surface area contributed by atoms with Crippen LogP contribution in [-0.2, 0) is 4.79 Å². The summed E-state index contributed by atoms with van der Waals surface area (Å²) in [7, 11) is 1.58. The Kier molecular flexibility index (Phi) is 5.36. The van der Waals surface area contributed by atoms with Gasteiger partial charge in [0, 0.05) is 6.42 Å². The van der Waals surface area contributed by atoms with Gasteiger partial charge in [-0.05, 0) is 31.5 Å². The molecule has 0 aromatic heterocycles. The summed E-state index contributed by atoms with van der Waals surface area (Å²) in [6, 6.07) is 7.36. The number of nitrogens with one attached hydrogen (secondary N) is 1. The first-order valence-corrected chi connectivity index (χ1v) is 5.41. The van der Waals surface area contributed by atoms with E-state index in [0.717, 1.165) is 12.8 Å². The summed E-state index contributed by atoms with van der Waals surface area (Å²) in [5, 5.41) is 2.82. The van der Waals surface area contributed by atoms with E-state index in [-0.39, 0.29) is 5.91 Å². The van der Waals surface area contributed by atoms with Crippen LogP contribution in [0.4, 0.5) is 5.69 Å². The van der Waals surface area contributed by atoms with Crippen LogP contribution in [-0.4, -0.2) is 19.6 Å². The molecule has 0 aliphatic rings. The first-order valence-electron chi connectivity index (χ1n) is 5.41. The minimum absolute atomic E-state index is 0.00190. The van der Waals surface area contributed by atoms with Crippen LogP contribution in [0.3, 0.4) is 0 Å². The van der Waals surface area contributed by atoms with Crippen molar-refractivity contribution in [3.63, 3.8) is 0 Å². The van der Waals surface area contributed by atoms with E-state index < -0.39 is 0 Å². The molecular weight excluding hydrogens is 204 g/mol. The summed E-state index contributed by atoms with van der Waals surface area (Å²) in [5.41, 5.74) is 6.07. The molecule has 16 heavy (non-hydrogen) atoms. The van der Waals surface area contributed by atoms with Gasteiger partial charge in [-0.1, -0.05) is 12.1 Å². The Hall–Kier alpha value is -1.55. The van der Waals surface area contributed by atoms with Crippen LogP contribution in [0.15, 0.2) is 24.3 Å². The van der Waals surface area contributed by atoms with Crippen molar-refractivity contribution in [3.05, 3.63) is 24.3 Å². The molecule has 0 unspecified atom stereocenters. The maximum Gasteiger partial charge on any atom is 0.224 e. The number of methoxy groups -OCH3 is 1. The molecule has 4 nitrogen and oxygen atoms in total. The smallest absolute Gasteiger partial charge is 0.224 e. The Morgan fingerprint density at radius 3 is 2.81 bits per heavy atom. The molecule has 3 N–H and O–H groups in total. The fourth-order valence-electron chi connectivity index (χ4n) is 1.39. The number of hydrogen-bond donors (Lipinski definition) is 2. The maximum atomic E-state index is 11.5. The number of amides is 1. The predicted octanol–water partition coefficient (Wildman–Crippen LogP) is 1.76. The van der Waals surface area contributed by atoms with Gasteiger partial charge in [-0.2, -0.15) is 0 Å². The van der Waals surface area contributed by atoms with Crippen LogP contribution >= 0.6 is 0 Å². The Bertz CT molecular complexity index is 340. The standard InChI is InChI=1S/C12H18N2O2/c1-16-11-7-3-2-6-10(11)14-12(15)8-4-5-9-13/h2-3,6-7H,4-5,8-9,13H2,1H3,(H,14,15). The van der Waals surface area contributed by atoms with Gasteiger partial charge in [0.1, 0.15) is 5.75 Å². The molecule has 88 valence electrons. The number of para-hydroxylation sites is 2. The number of nitrogens with two attached hydrogens (primary N) is 1. The van der Waals surface area contributed by atoms with Gasteiger partial charge >= 0.3 is 0 Å². The van der Waals surface area contributed by atoms with E-state index in [1.807, 2.05) is 24.3 Å². The van der Waals surface area contributed by atoms with Gasteiger partial charge in [0.15, 0.2) is 0 Å². The number of carbonyl (C=O) groups is 1. The van der Waals surface area contributed by atoms with Crippen LogP contribution < -0.4 is 15.8 Å². The fraction of sp³-hybridized carbons (Fsp3) is 0.417. The number of carbonyl (C=O) groups excluding carboxylic acids is 1. The second-order valence-electron chi connectivity index (χ2n) is 3.49. The second kappa shape index (κ2) is 6.85. The molecule has 1 rings (SSSR count). The van der Waals surface area contributed by atoms with Crippen molar-refractivity contribution >= 4 is 11.6 Å². The SMILES string of the molecule is COc1ccccc1NC(=O)CCCCN. The summed E-state index contributed by atoms with van der Waals surface area (Å²) in [5.74, 6) is 0.674. The van der Waals surface area contributed by atoms with Gasteiger partial charge in [0.05, 0.1) is 12.8 Å². The van der Waals surface area contributed by atoms with Gasteiger partial charge in [-0.25, -0.2) is 0 Å². The van der Waals surface area contributed by atoms with E-state index >= 15 is 0 Å². The number of hydrogen-bond acceptors (Lipinski definition) is 3. The predicted molar refractivity (Wildman–Crippen MR) is 64.5 cm³/mol. The zero-order chi connectivity index (χ0) is 11.8. The molecular formula is C12H18N2O2. The van der Waals surface area contributed by atoms with Gasteiger partial charge < -0.3 is 15.8 Å².